The first-order valence-electron chi connectivity index (χ1n) is 5.96. The summed E-state index contributed by atoms with van der Waals surface area (Å²) in [5, 5.41) is 20.8. The summed E-state index contributed by atoms with van der Waals surface area (Å²) >= 11 is 1.10. The molecule has 0 bridgehead atoms. The first kappa shape index (κ1) is 13.1. The third-order valence-corrected chi connectivity index (χ3v) is 3.91. The lowest BCUT2D eigenvalue weighted by Crippen LogP contribution is -2.31. The second-order valence-corrected chi connectivity index (χ2v) is 5.50. The van der Waals surface area contributed by atoms with Crippen molar-refractivity contribution in [1.29, 1.82) is 0 Å². The van der Waals surface area contributed by atoms with Gasteiger partial charge in [0, 0.05) is 18.1 Å². The van der Waals surface area contributed by atoms with E-state index in [0.29, 0.717) is 5.17 Å². The number of rotatable bonds is 3. The van der Waals surface area contributed by atoms with Crippen LogP contribution in [0.3, 0.4) is 0 Å². The summed E-state index contributed by atoms with van der Waals surface area (Å²) in [5.74, 6) is -1.57. The number of carboxylic acid groups (broad SMARTS) is 1. The van der Waals surface area contributed by atoms with Crippen LogP contribution in [0.15, 0.2) is 10.2 Å². The van der Waals surface area contributed by atoms with E-state index in [1.165, 1.54) is 6.42 Å². The topological polar surface area (TPSA) is 93.9 Å². The fourth-order valence-corrected chi connectivity index (χ4v) is 2.82. The number of amides is 1. The highest BCUT2D eigenvalue weighted by Gasteiger charge is 2.30. The van der Waals surface area contributed by atoms with Gasteiger partial charge in [0.25, 0.3) is 0 Å². The number of hydrogen-bond donors (Lipinski definition) is 1. The van der Waals surface area contributed by atoms with Gasteiger partial charge in [-0.3, -0.25) is 4.79 Å². The van der Waals surface area contributed by atoms with Crippen LogP contribution in [0, 0.1) is 0 Å². The van der Waals surface area contributed by atoms with Gasteiger partial charge in [-0.2, -0.15) is 5.10 Å². The number of thioether (sulfide) groups is 1. The third kappa shape index (κ3) is 3.56. The molecule has 0 aromatic rings. The lowest BCUT2D eigenvalue weighted by atomic mass is 9.99. The first-order chi connectivity index (χ1) is 8.65. The average Bonchev–Trinajstić information content (AvgIpc) is 2.68. The highest BCUT2D eigenvalue weighted by molar-refractivity contribution is 8.15. The molecular weight excluding hydrogens is 254 g/mol. The van der Waals surface area contributed by atoms with Crippen molar-refractivity contribution in [3.8, 4) is 0 Å². The van der Waals surface area contributed by atoms with E-state index in [0.717, 1.165) is 43.2 Å². The number of amidine groups is 1. The van der Waals surface area contributed by atoms with Crippen LogP contribution >= 0.6 is 11.8 Å². The maximum atomic E-state index is 11.4. The zero-order chi connectivity index (χ0) is 13.0. The van der Waals surface area contributed by atoms with Crippen molar-refractivity contribution in [2.24, 2.45) is 10.2 Å². The number of nitrogens with one attached hydrogen (secondary N) is 1. The highest BCUT2D eigenvalue weighted by Crippen LogP contribution is 2.22. The van der Waals surface area contributed by atoms with E-state index in [2.05, 4.69) is 15.5 Å². The molecule has 1 N–H and O–H groups in total. The van der Waals surface area contributed by atoms with Gasteiger partial charge in [-0.15, -0.1) is 5.10 Å². The van der Waals surface area contributed by atoms with Crippen molar-refractivity contribution in [2.45, 2.75) is 43.8 Å². The Balaban J connectivity index is 1.94. The fourth-order valence-electron chi connectivity index (χ4n) is 1.91. The number of aliphatic carboxylic acids is 1. The molecule has 1 aliphatic carbocycles. The van der Waals surface area contributed by atoms with E-state index in [4.69, 9.17) is 0 Å². The molecule has 1 heterocycles. The first-order valence-corrected chi connectivity index (χ1v) is 6.84. The van der Waals surface area contributed by atoms with Crippen molar-refractivity contribution >= 4 is 34.5 Å². The fraction of sp³-hybridized carbons (Fsp3) is 0.636. The van der Waals surface area contributed by atoms with Crippen molar-refractivity contribution in [3.05, 3.63) is 0 Å². The van der Waals surface area contributed by atoms with Crippen LogP contribution in [-0.2, 0) is 9.59 Å². The number of carbonyl (C=O) groups excluding carboxylic acids is 2. The van der Waals surface area contributed by atoms with E-state index in [9.17, 15) is 14.7 Å². The molecular formula is C11H14N3O3S-. The SMILES string of the molecule is O=C([O-])C[C@@H]1S/C(=N\N=C2CCCCC2)NC1=O. The summed E-state index contributed by atoms with van der Waals surface area (Å²) in [6.07, 6.45) is 5.11. The zero-order valence-corrected chi connectivity index (χ0v) is 10.7. The molecule has 1 aliphatic heterocycles. The molecule has 0 aromatic carbocycles. The van der Waals surface area contributed by atoms with Crippen molar-refractivity contribution in [2.75, 3.05) is 0 Å². The molecule has 1 saturated heterocycles. The Kier molecular flexibility index (Phi) is 4.35. The molecule has 0 unspecified atom stereocenters. The van der Waals surface area contributed by atoms with Gasteiger partial charge in [0.2, 0.25) is 5.91 Å². The minimum absolute atomic E-state index is 0.300. The summed E-state index contributed by atoms with van der Waals surface area (Å²) < 4.78 is 0. The predicted octanol–water partition coefficient (Wildman–Crippen LogP) is 0.0341. The van der Waals surface area contributed by atoms with Crippen LogP contribution in [0.4, 0.5) is 0 Å². The van der Waals surface area contributed by atoms with Gasteiger partial charge in [-0.05, 0) is 25.7 Å². The van der Waals surface area contributed by atoms with Crippen LogP contribution in [-0.4, -0.2) is 28.0 Å². The molecule has 18 heavy (non-hydrogen) atoms. The molecule has 1 atom stereocenters. The summed E-state index contributed by atoms with van der Waals surface area (Å²) in [7, 11) is 0. The number of hydrogen-bond acceptors (Lipinski definition) is 6. The van der Waals surface area contributed by atoms with E-state index >= 15 is 0 Å². The van der Waals surface area contributed by atoms with Crippen LogP contribution in [0.2, 0.25) is 0 Å². The summed E-state index contributed by atoms with van der Waals surface area (Å²) in [4.78, 5) is 21.9. The Morgan fingerprint density at radius 1 is 1.33 bits per heavy atom. The van der Waals surface area contributed by atoms with Gasteiger partial charge in [-0.1, -0.05) is 18.2 Å². The van der Waals surface area contributed by atoms with E-state index in [1.807, 2.05) is 0 Å². The van der Waals surface area contributed by atoms with Crippen LogP contribution in [0.25, 0.3) is 0 Å². The second kappa shape index (κ2) is 5.99. The zero-order valence-electron chi connectivity index (χ0n) is 9.85. The van der Waals surface area contributed by atoms with Crippen molar-refractivity contribution < 1.29 is 14.7 Å². The molecule has 2 fully saturated rings. The Labute approximate surface area is 109 Å². The number of nitrogens with zero attached hydrogens (tertiary/aromatic N) is 2. The molecule has 98 valence electrons. The molecule has 7 heteroatoms. The Bertz CT molecular complexity index is 412. The normalized spacial score (nSPS) is 26.2. The van der Waals surface area contributed by atoms with Crippen molar-refractivity contribution in [3.63, 3.8) is 0 Å². The summed E-state index contributed by atoms with van der Waals surface area (Å²) in [6.45, 7) is 0. The highest BCUT2D eigenvalue weighted by atomic mass is 32.2. The third-order valence-electron chi connectivity index (χ3n) is 2.84. The van der Waals surface area contributed by atoms with Gasteiger partial charge >= 0.3 is 0 Å². The Morgan fingerprint density at radius 3 is 2.72 bits per heavy atom. The van der Waals surface area contributed by atoms with Gasteiger partial charge in [0.05, 0.1) is 5.25 Å². The molecule has 1 amide bonds. The van der Waals surface area contributed by atoms with E-state index in [-0.39, 0.29) is 12.3 Å². The maximum Gasteiger partial charge on any atom is 0.239 e. The largest absolute Gasteiger partial charge is 0.550 e. The van der Waals surface area contributed by atoms with Crippen LogP contribution in [0.1, 0.15) is 38.5 Å². The maximum absolute atomic E-state index is 11.4. The lowest BCUT2D eigenvalue weighted by molar-refractivity contribution is -0.305. The Morgan fingerprint density at radius 2 is 2.06 bits per heavy atom. The molecule has 6 nitrogen and oxygen atoms in total. The molecule has 0 aromatic heterocycles. The average molecular weight is 268 g/mol. The molecule has 2 rings (SSSR count). The Hall–Kier alpha value is -1.37. The van der Waals surface area contributed by atoms with Gasteiger partial charge in [0.15, 0.2) is 5.17 Å². The minimum Gasteiger partial charge on any atom is -0.550 e. The van der Waals surface area contributed by atoms with Crippen molar-refractivity contribution in [1.82, 2.24) is 5.32 Å². The van der Waals surface area contributed by atoms with Crippen LogP contribution < -0.4 is 10.4 Å². The van der Waals surface area contributed by atoms with E-state index < -0.39 is 11.2 Å². The van der Waals surface area contributed by atoms with Gasteiger partial charge in [0.1, 0.15) is 0 Å². The van der Waals surface area contributed by atoms with Gasteiger partial charge in [-0.25, -0.2) is 0 Å². The molecule has 0 spiro atoms. The quantitative estimate of drug-likeness (QED) is 0.731. The molecule has 0 radical (unpaired) electrons. The number of carboxylic acids is 1. The standard InChI is InChI=1S/C11H15N3O3S/c15-9(16)6-8-10(17)12-11(18-8)14-13-7-4-2-1-3-5-7/h8H,1-6H2,(H,15,16)(H,12,14,17)/p-1/t8-/m0/s1. The molecule has 2 aliphatic rings. The number of carbonyl (C=O) groups is 2. The molecule has 1 saturated carbocycles. The minimum atomic E-state index is -1.23. The van der Waals surface area contributed by atoms with Gasteiger partial charge < -0.3 is 15.2 Å². The second-order valence-electron chi connectivity index (χ2n) is 4.30. The summed E-state index contributed by atoms with van der Waals surface area (Å²) in [5.41, 5.74) is 1.05. The monoisotopic (exact) mass is 268 g/mol. The predicted molar refractivity (Wildman–Crippen MR) is 67.1 cm³/mol. The van der Waals surface area contributed by atoms with E-state index in [1.54, 1.807) is 0 Å². The smallest absolute Gasteiger partial charge is 0.239 e. The lowest BCUT2D eigenvalue weighted by Gasteiger charge is -2.10. The summed E-state index contributed by atoms with van der Waals surface area (Å²) in [6, 6.07) is 0. The van der Waals surface area contributed by atoms with Crippen LogP contribution in [0.5, 0.6) is 0 Å².